The molecule has 252 valence electrons. The second-order valence-corrected chi connectivity index (χ2v) is 12.9. The number of anilines is 4. The van der Waals surface area contributed by atoms with Crippen molar-refractivity contribution in [2.45, 2.75) is 16.7 Å². The van der Waals surface area contributed by atoms with Crippen molar-refractivity contribution in [3.05, 3.63) is 77.4 Å². The highest BCUT2D eigenvalue weighted by Crippen LogP contribution is 2.45. The fraction of sp³-hybridized carbons (Fsp3) is 0.0357. The number of benzene rings is 4. The first-order chi connectivity index (χ1) is 22.9. The number of hydrogen-bond acceptors (Lipinski definition) is 15. The average molecular weight is 712 g/mol. The van der Waals surface area contributed by atoms with Gasteiger partial charge >= 0.3 is 17.9 Å². The fourth-order valence-electron chi connectivity index (χ4n) is 4.47. The Hall–Kier alpha value is -6.29. The first-order valence-corrected chi connectivity index (χ1v) is 16.1. The summed E-state index contributed by atoms with van der Waals surface area (Å²) in [4.78, 5) is 32.5. The summed E-state index contributed by atoms with van der Waals surface area (Å²) in [5, 5.41) is 52.4. The topological polar surface area (TPSA) is 311 Å². The maximum atomic E-state index is 12.3. The van der Waals surface area contributed by atoms with Gasteiger partial charge < -0.3 is 31.1 Å². The van der Waals surface area contributed by atoms with Crippen LogP contribution >= 0.6 is 0 Å². The largest absolute Gasteiger partial charge is 0.505 e. The molecule has 21 heteroatoms. The van der Waals surface area contributed by atoms with Crippen molar-refractivity contribution in [2.24, 2.45) is 10.2 Å². The van der Waals surface area contributed by atoms with Gasteiger partial charge in [0, 0.05) is 11.1 Å². The SMILES string of the molecule is Cc1cccc(/N=N/c2c(S(=O)(=O)O)cc3cc(S(=O)(=O)O)cc(Nc4nc(O)nc(Nc5cc(C(=O)O)cc(C(=O)O)c5)n4)c3c2O)c1. The van der Waals surface area contributed by atoms with Gasteiger partial charge in [0.1, 0.15) is 10.6 Å². The predicted octanol–water partition coefficient (Wildman–Crippen LogP) is 4.54. The summed E-state index contributed by atoms with van der Waals surface area (Å²) in [6.07, 6.45) is 0. The number of aromatic nitrogens is 3. The monoisotopic (exact) mass is 711 g/mol. The van der Waals surface area contributed by atoms with Crippen molar-refractivity contribution in [2.75, 3.05) is 10.6 Å². The molecule has 4 aromatic carbocycles. The van der Waals surface area contributed by atoms with Crippen LogP contribution < -0.4 is 10.6 Å². The quantitative estimate of drug-likeness (QED) is 0.0728. The molecule has 0 bridgehead atoms. The van der Waals surface area contributed by atoms with E-state index in [4.69, 9.17) is 0 Å². The van der Waals surface area contributed by atoms with Gasteiger partial charge in [-0.3, -0.25) is 9.11 Å². The third-order valence-electron chi connectivity index (χ3n) is 6.52. The number of aromatic hydroxyl groups is 2. The maximum absolute atomic E-state index is 12.3. The molecule has 0 spiro atoms. The summed E-state index contributed by atoms with van der Waals surface area (Å²) in [7, 11) is -10.1. The molecule has 0 unspecified atom stereocenters. The molecule has 0 saturated carbocycles. The Morgan fingerprint density at radius 1 is 0.755 bits per heavy atom. The van der Waals surface area contributed by atoms with Gasteiger partial charge in [-0.2, -0.15) is 36.9 Å². The van der Waals surface area contributed by atoms with Crippen molar-refractivity contribution in [1.29, 1.82) is 0 Å². The Bertz CT molecular complexity index is 2420. The highest BCUT2D eigenvalue weighted by molar-refractivity contribution is 7.86. The highest BCUT2D eigenvalue weighted by atomic mass is 32.2. The summed E-state index contributed by atoms with van der Waals surface area (Å²) in [6.45, 7) is 1.75. The van der Waals surface area contributed by atoms with Gasteiger partial charge in [-0.1, -0.05) is 12.1 Å². The van der Waals surface area contributed by atoms with Crippen LogP contribution in [0.2, 0.25) is 0 Å². The Morgan fingerprint density at radius 3 is 1.96 bits per heavy atom. The minimum absolute atomic E-state index is 0.133. The van der Waals surface area contributed by atoms with Crippen LogP contribution in [0.25, 0.3) is 10.8 Å². The molecule has 0 aliphatic rings. The zero-order valence-corrected chi connectivity index (χ0v) is 26.1. The lowest BCUT2D eigenvalue weighted by Crippen LogP contribution is -2.07. The molecule has 0 fully saturated rings. The number of phenols is 1. The van der Waals surface area contributed by atoms with E-state index in [1.54, 1.807) is 25.1 Å². The van der Waals surface area contributed by atoms with Crippen molar-refractivity contribution in [3.8, 4) is 11.8 Å². The van der Waals surface area contributed by atoms with Crippen molar-refractivity contribution in [3.63, 3.8) is 0 Å². The van der Waals surface area contributed by atoms with Crippen LogP contribution in [0.5, 0.6) is 11.8 Å². The fourth-order valence-corrected chi connectivity index (χ4v) is 5.67. The lowest BCUT2D eigenvalue weighted by atomic mass is 10.1. The molecule has 0 atom stereocenters. The minimum Gasteiger partial charge on any atom is -0.505 e. The van der Waals surface area contributed by atoms with Crippen molar-refractivity contribution >= 4 is 77.6 Å². The summed E-state index contributed by atoms with van der Waals surface area (Å²) in [5.41, 5.74) is -1.12. The first-order valence-electron chi connectivity index (χ1n) is 13.3. The molecule has 8 N–H and O–H groups in total. The van der Waals surface area contributed by atoms with E-state index >= 15 is 0 Å². The van der Waals surface area contributed by atoms with E-state index in [9.17, 15) is 56.0 Å². The lowest BCUT2D eigenvalue weighted by molar-refractivity contribution is 0.0696. The molecular weight excluding hydrogens is 690 g/mol. The zero-order valence-electron chi connectivity index (χ0n) is 24.5. The molecule has 5 aromatic rings. The van der Waals surface area contributed by atoms with Crippen LogP contribution in [0.3, 0.4) is 0 Å². The molecule has 1 heterocycles. The van der Waals surface area contributed by atoms with E-state index < -0.39 is 88.1 Å². The Balaban J connectivity index is 1.68. The molecule has 19 nitrogen and oxygen atoms in total. The molecule has 0 saturated heterocycles. The summed E-state index contributed by atoms with van der Waals surface area (Å²) in [6, 6.07) is 10.9. The molecule has 0 aliphatic carbocycles. The smallest absolute Gasteiger partial charge is 0.335 e. The number of rotatable bonds is 10. The zero-order chi connectivity index (χ0) is 35.8. The van der Waals surface area contributed by atoms with Crippen molar-refractivity contribution < 1.29 is 56.0 Å². The van der Waals surface area contributed by atoms with Gasteiger partial charge in [0.05, 0.1) is 27.4 Å². The van der Waals surface area contributed by atoms with E-state index in [1.807, 2.05) is 0 Å². The molecule has 0 radical (unpaired) electrons. The van der Waals surface area contributed by atoms with E-state index in [0.29, 0.717) is 0 Å². The van der Waals surface area contributed by atoms with E-state index in [1.165, 1.54) is 6.07 Å². The minimum atomic E-state index is -5.13. The maximum Gasteiger partial charge on any atom is 0.335 e. The summed E-state index contributed by atoms with van der Waals surface area (Å²) >= 11 is 0. The number of aromatic carboxylic acids is 2. The lowest BCUT2D eigenvalue weighted by Gasteiger charge is -2.15. The van der Waals surface area contributed by atoms with E-state index in [2.05, 4.69) is 35.8 Å². The number of carboxylic acids is 2. The number of nitrogens with one attached hydrogen (secondary N) is 2. The van der Waals surface area contributed by atoms with Crippen LogP contribution in [0.15, 0.2) is 80.7 Å². The Kier molecular flexibility index (Phi) is 8.84. The Labute approximate surface area is 274 Å². The van der Waals surface area contributed by atoms with Crippen LogP contribution in [0.4, 0.5) is 34.6 Å². The molecular formula is C28H21N7O12S2. The molecule has 49 heavy (non-hydrogen) atoms. The van der Waals surface area contributed by atoms with Crippen LogP contribution in [0, 0.1) is 6.92 Å². The standard InChI is InChI=1S/C28H21N7O12S2/c1-12-3-2-4-16(5-12)34-35-22-20(49(45,46)47)10-13-9-18(48(42,43)44)11-19(21(13)23(22)36)30-27-31-26(32-28(41)33-27)29-17-7-14(24(37)38)6-15(8-17)25(39)40/h2-11,36H,1H3,(H,37,38)(H,39,40)(H,42,43,44)(H,45,46,47)(H3,29,30,31,32,33,41)/b35-34+. The van der Waals surface area contributed by atoms with Gasteiger partial charge in [0.2, 0.25) is 11.9 Å². The predicted molar refractivity (Wildman–Crippen MR) is 169 cm³/mol. The van der Waals surface area contributed by atoms with Gasteiger partial charge in [-0.15, -0.1) is 5.11 Å². The molecule has 1 aromatic heterocycles. The molecule has 5 rings (SSSR count). The van der Waals surface area contributed by atoms with Gasteiger partial charge in [0.15, 0.2) is 5.75 Å². The second kappa shape index (κ2) is 12.7. The highest BCUT2D eigenvalue weighted by Gasteiger charge is 2.26. The second-order valence-electron chi connectivity index (χ2n) is 10.1. The first kappa shape index (κ1) is 34.1. The van der Waals surface area contributed by atoms with E-state index in [0.717, 1.165) is 42.0 Å². The average Bonchev–Trinajstić information content (AvgIpc) is 2.98. The number of aryl methyl sites for hydroxylation is 1. The number of phenolic OH excluding ortho intramolecular Hbond substituents is 1. The number of azo groups is 1. The van der Waals surface area contributed by atoms with Crippen LogP contribution in [0.1, 0.15) is 26.3 Å². The van der Waals surface area contributed by atoms with Gasteiger partial charge in [-0.05, 0) is 66.4 Å². The number of hydrogen-bond donors (Lipinski definition) is 8. The third-order valence-corrected chi connectivity index (χ3v) is 8.22. The summed E-state index contributed by atoms with van der Waals surface area (Å²) < 4.78 is 68.8. The number of fused-ring (bicyclic) bond motifs is 1. The van der Waals surface area contributed by atoms with Gasteiger partial charge in [0.25, 0.3) is 20.2 Å². The molecule has 0 amide bonds. The number of carboxylic acid groups (broad SMARTS) is 2. The number of carbonyl (C=O) groups is 2. The summed E-state index contributed by atoms with van der Waals surface area (Å²) in [5.74, 6) is -4.87. The number of nitrogens with zero attached hydrogens (tertiary/aromatic N) is 5. The molecule has 0 aliphatic heterocycles. The normalized spacial score (nSPS) is 11.9. The van der Waals surface area contributed by atoms with Crippen LogP contribution in [-0.2, 0) is 20.2 Å². The Morgan fingerprint density at radius 2 is 1.39 bits per heavy atom. The van der Waals surface area contributed by atoms with E-state index in [-0.39, 0.29) is 22.1 Å². The third kappa shape index (κ3) is 7.65. The van der Waals surface area contributed by atoms with Crippen LogP contribution in [-0.4, -0.2) is 73.3 Å². The van der Waals surface area contributed by atoms with Crippen molar-refractivity contribution in [1.82, 2.24) is 15.0 Å². The van der Waals surface area contributed by atoms with Gasteiger partial charge in [-0.25, -0.2) is 9.59 Å².